The van der Waals surface area contributed by atoms with Crippen LogP contribution in [0.5, 0.6) is 0 Å². The monoisotopic (exact) mass is 308 g/mol. The van der Waals surface area contributed by atoms with E-state index in [2.05, 4.69) is 10.3 Å². The van der Waals surface area contributed by atoms with Gasteiger partial charge in [0.15, 0.2) is 18.3 Å². The lowest BCUT2D eigenvalue weighted by atomic mass is 10.1. The van der Waals surface area contributed by atoms with Gasteiger partial charge in [0.1, 0.15) is 0 Å². The van der Waals surface area contributed by atoms with E-state index in [-0.39, 0.29) is 5.91 Å². The van der Waals surface area contributed by atoms with Gasteiger partial charge in [0, 0.05) is 18.4 Å². The lowest BCUT2D eigenvalue weighted by molar-refractivity contribution is -0.126. The Morgan fingerprint density at radius 2 is 2.00 bits per heavy atom. The second kappa shape index (κ2) is 6.89. The molecule has 0 aliphatic rings. The second-order valence-electron chi connectivity index (χ2n) is 4.96. The Bertz CT molecular complexity index is 770. The van der Waals surface area contributed by atoms with E-state index in [1.807, 2.05) is 54.6 Å². The summed E-state index contributed by atoms with van der Waals surface area (Å²) in [4.78, 5) is 16.4. The van der Waals surface area contributed by atoms with Crippen LogP contribution in [0.3, 0.4) is 0 Å². The molecule has 0 aliphatic heterocycles. The fourth-order valence-corrected chi connectivity index (χ4v) is 2.34. The zero-order valence-corrected chi connectivity index (χ0v) is 12.6. The lowest BCUT2D eigenvalue weighted by Crippen LogP contribution is -2.22. The molecule has 0 radical (unpaired) electrons. The maximum absolute atomic E-state index is 12.5. The van der Waals surface area contributed by atoms with Crippen molar-refractivity contribution in [3.8, 4) is 11.3 Å². The molecule has 0 aliphatic carbocycles. The van der Waals surface area contributed by atoms with E-state index in [4.69, 9.17) is 9.15 Å². The fourth-order valence-electron chi connectivity index (χ4n) is 2.34. The van der Waals surface area contributed by atoms with Crippen LogP contribution >= 0.6 is 0 Å². The van der Waals surface area contributed by atoms with Crippen LogP contribution < -0.4 is 5.32 Å². The van der Waals surface area contributed by atoms with E-state index in [0.29, 0.717) is 11.4 Å². The van der Waals surface area contributed by atoms with Gasteiger partial charge in [-0.1, -0.05) is 42.5 Å². The Labute approximate surface area is 133 Å². The number of benzene rings is 2. The highest BCUT2D eigenvalue weighted by atomic mass is 16.5. The fraction of sp³-hybridized carbons (Fsp3) is 0.111. The highest BCUT2D eigenvalue weighted by Crippen LogP contribution is 2.24. The number of carbonyl (C=O) groups excluding carboxylic acids is 1. The zero-order valence-electron chi connectivity index (χ0n) is 12.6. The Morgan fingerprint density at radius 1 is 1.17 bits per heavy atom. The van der Waals surface area contributed by atoms with Crippen molar-refractivity contribution in [1.29, 1.82) is 0 Å². The molecular formula is C18H16N2O3. The van der Waals surface area contributed by atoms with Crippen molar-refractivity contribution < 1.29 is 13.9 Å². The molecule has 5 heteroatoms. The first-order valence-electron chi connectivity index (χ1n) is 7.15. The van der Waals surface area contributed by atoms with Crippen LogP contribution in [0, 0.1) is 0 Å². The summed E-state index contributed by atoms with van der Waals surface area (Å²) in [5, 5.41) is 2.87. The van der Waals surface area contributed by atoms with Crippen molar-refractivity contribution in [3.05, 3.63) is 72.8 Å². The van der Waals surface area contributed by atoms with Crippen molar-refractivity contribution in [2.75, 3.05) is 12.4 Å². The van der Waals surface area contributed by atoms with E-state index in [9.17, 15) is 4.79 Å². The maximum atomic E-state index is 12.5. The van der Waals surface area contributed by atoms with Crippen molar-refractivity contribution >= 4 is 11.6 Å². The first-order chi connectivity index (χ1) is 11.3. The number of aromatic nitrogens is 1. The van der Waals surface area contributed by atoms with Crippen molar-refractivity contribution in [3.63, 3.8) is 0 Å². The minimum Gasteiger partial charge on any atom is -0.444 e. The molecule has 0 bridgehead atoms. The number of rotatable bonds is 5. The smallest absolute Gasteiger partial charge is 0.258 e. The normalized spacial score (nSPS) is 11.9. The predicted molar refractivity (Wildman–Crippen MR) is 86.8 cm³/mol. The summed E-state index contributed by atoms with van der Waals surface area (Å²) in [6.45, 7) is 0. The SMILES string of the molecule is COC(C(=O)Nc1cccc(-c2cnco2)c1)c1ccccc1. The summed E-state index contributed by atoms with van der Waals surface area (Å²) in [5.74, 6) is 0.417. The number of hydrogen-bond acceptors (Lipinski definition) is 4. The molecule has 5 nitrogen and oxygen atoms in total. The molecule has 23 heavy (non-hydrogen) atoms. The molecule has 3 aromatic rings. The van der Waals surface area contributed by atoms with E-state index < -0.39 is 6.10 Å². The van der Waals surface area contributed by atoms with Crippen LogP contribution in [0.1, 0.15) is 11.7 Å². The third kappa shape index (κ3) is 3.46. The molecule has 0 saturated carbocycles. The number of methoxy groups -OCH3 is 1. The summed E-state index contributed by atoms with van der Waals surface area (Å²) >= 11 is 0. The first-order valence-corrected chi connectivity index (χ1v) is 7.15. The van der Waals surface area contributed by atoms with Crippen LogP contribution in [-0.2, 0) is 9.53 Å². The molecular weight excluding hydrogens is 292 g/mol. The van der Waals surface area contributed by atoms with Gasteiger partial charge in [-0.3, -0.25) is 4.79 Å². The topological polar surface area (TPSA) is 64.4 Å². The van der Waals surface area contributed by atoms with Crippen molar-refractivity contribution in [1.82, 2.24) is 4.98 Å². The van der Waals surface area contributed by atoms with Gasteiger partial charge < -0.3 is 14.5 Å². The average Bonchev–Trinajstić information content (AvgIpc) is 3.11. The summed E-state index contributed by atoms with van der Waals surface area (Å²) < 4.78 is 10.6. The van der Waals surface area contributed by atoms with Crippen LogP contribution in [0.15, 0.2) is 71.6 Å². The molecule has 3 rings (SSSR count). The highest BCUT2D eigenvalue weighted by molar-refractivity contribution is 5.95. The van der Waals surface area contributed by atoms with Gasteiger partial charge in [0.05, 0.1) is 6.20 Å². The molecule has 1 heterocycles. The Balaban J connectivity index is 1.78. The number of hydrogen-bond donors (Lipinski definition) is 1. The van der Waals surface area contributed by atoms with Gasteiger partial charge >= 0.3 is 0 Å². The number of amides is 1. The van der Waals surface area contributed by atoms with Crippen LogP contribution in [0.25, 0.3) is 11.3 Å². The number of ether oxygens (including phenoxy) is 1. The Kier molecular flexibility index (Phi) is 4.49. The molecule has 0 fully saturated rings. The molecule has 1 amide bonds. The molecule has 0 saturated heterocycles. The van der Waals surface area contributed by atoms with Crippen molar-refractivity contribution in [2.24, 2.45) is 0 Å². The van der Waals surface area contributed by atoms with Crippen LogP contribution in [0.4, 0.5) is 5.69 Å². The molecule has 116 valence electrons. The first kappa shape index (κ1) is 15.0. The molecule has 0 spiro atoms. The minimum atomic E-state index is -0.662. The average molecular weight is 308 g/mol. The summed E-state index contributed by atoms with van der Waals surface area (Å²) in [5.41, 5.74) is 2.31. The number of nitrogens with one attached hydrogen (secondary N) is 1. The third-order valence-corrected chi connectivity index (χ3v) is 3.42. The van der Waals surface area contributed by atoms with Crippen LogP contribution in [0.2, 0.25) is 0 Å². The van der Waals surface area contributed by atoms with E-state index in [1.54, 1.807) is 6.20 Å². The van der Waals surface area contributed by atoms with Gasteiger partial charge in [-0.2, -0.15) is 0 Å². The summed E-state index contributed by atoms with van der Waals surface area (Å²) in [6, 6.07) is 16.7. The number of oxazole rings is 1. The Morgan fingerprint density at radius 3 is 2.70 bits per heavy atom. The van der Waals surface area contributed by atoms with Gasteiger partial charge in [0.25, 0.3) is 5.91 Å². The molecule has 1 N–H and O–H groups in total. The number of carbonyl (C=O) groups is 1. The largest absolute Gasteiger partial charge is 0.444 e. The highest BCUT2D eigenvalue weighted by Gasteiger charge is 2.20. The van der Waals surface area contributed by atoms with Crippen LogP contribution in [-0.4, -0.2) is 18.0 Å². The van der Waals surface area contributed by atoms with Gasteiger partial charge in [0.2, 0.25) is 0 Å². The van der Waals surface area contributed by atoms with Crippen molar-refractivity contribution in [2.45, 2.75) is 6.10 Å². The van der Waals surface area contributed by atoms with Gasteiger partial charge in [-0.05, 0) is 17.7 Å². The lowest BCUT2D eigenvalue weighted by Gasteiger charge is -2.16. The second-order valence-corrected chi connectivity index (χ2v) is 4.96. The van der Waals surface area contributed by atoms with Gasteiger partial charge in [-0.25, -0.2) is 4.98 Å². The van der Waals surface area contributed by atoms with Gasteiger partial charge in [-0.15, -0.1) is 0 Å². The maximum Gasteiger partial charge on any atom is 0.258 e. The zero-order chi connectivity index (χ0) is 16.1. The van der Waals surface area contributed by atoms with E-state index >= 15 is 0 Å². The molecule has 2 aromatic carbocycles. The summed E-state index contributed by atoms with van der Waals surface area (Å²) in [6.07, 6.45) is 2.34. The Hall–Kier alpha value is -2.92. The third-order valence-electron chi connectivity index (χ3n) is 3.42. The summed E-state index contributed by atoms with van der Waals surface area (Å²) in [7, 11) is 1.52. The van der Waals surface area contributed by atoms with E-state index in [1.165, 1.54) is 13.5 Å². The molecule has 1 unspecified atom stereocenters. The number of anilines is 1. The standard InChI is InChI=1S/C18H16N2O3/c1-22-17(13-6-3-2-4-7-13)18(21)20-15-9-5-8-14(10-15)16-11-19-12-23-16/h2-12,17H,1H3,(H,20,21). The molecule has 1 atom stereocenters. The quantitative estimate of drug-likeness (QED) is 0.781. The minimum absolute atomic E-state index is 0.228. The number of nitrogens with zero attached hydrogens (tertiary/aromatic N) is 1. The predicted octanol–water partition coefficient (Wildman–Crippen LogP) is 3.67. The molecule has 1 aromatic heterocycles. The van der Waals surface area contributed by atoms with E-state index in [0.717, 1.165) is 11.1 Å².